The van der Waals surface area contributed by atoms with E-state index < -0.39 is 6.10 Å². The number of hydrogen-bond acceptors (Lipinski definition) is 1. The second kappa shape index (κ2) is 5.93. The molecule has 0 bridgehead atoms. The van der Waals surface area contributed by atoms with E-state index in [2.05, 4.69) is 31.9 Å². The molecule has 0 aromatic heterocycles. The molecule has 1 N–H and O–H groups in total. The van der Waals surface area contributed by atoms with Gasteiger partial charge in [-0.1, -0.05) is 61.1 Å². The minimum atomic E-state index is -0.758. The zero-order valence-corrected chi connectivity index (χ0v) is 13.7. The number of aliphatic hydroxyl groups excluding tert-OH is 1. The van der Waals surface area contributed by atoms with Gasteiger partial charge in [-0.05, 0) is 35.9 Å². The molecule has 0 saturated heterocycles. The van der Waals surface area contributed by atoms with Crippen LogP contribution in [-0.4, -0.2) is 5.11 Å². The van der Waals surface area contributed by atoms with Crippen LogP contribution in [0.25, 0.3) is 0 Å². The predicted octanol–water partition coefficient (Wildman–Crippen LogP) is 5.60. The first kappa shape index (κ1) is 14.4. The number of rotatable bonds is 2. The third-order valence-electron chi connectivity index (χ3n) is 2.51. The molecule has 0 fully saturated rings. The molecule has 1 nitrogen and oxygen atoms in total. The molecule has 0 aliphatic heterocycles. The van der Waals surface area contributed by atoms with Crippen molar-refractivity contribution in [2.45, 2.75) is 6.10 Å². The SMILES string of the molecule is OC(c1ccc(Cl)c(Cl)c1)c1cc(Br)ccc1Br. The van der Waals surface area contributed by atoms with Gasteiger partial charge in [0.15, 0.2) is 0 Å². The third-order valence-corrected chi connectivity index (χ3v) is 4.47. The van der Waals surface area contributed by atoms with E-state index in [0.29, 0.717) is 15.6 Å². The molecule has 0 spiro atoms. The van der Waals surface area contributed by atoms with Crippen molar-refractivity contribution >= 4 is 55.1 Å². The number of aliphatic hydroxyl groups is 1. The van der Waals surface area contributed by atoms with Crippen LogP contribution in [0.3, 0.4) is 0 Å². The highest BCUT2D eigenvalue weighted by atomic mass is 79.9. The van der Waals surface area contributed by atoms with E-state index in [4.69, 9.17) is 23.2 Å². The van der Waals surface area contributed by atoms with Crippen molar-refractivity contribution in [2.24, 2.45) is 0 Å². The summed E-state index contributed by atoms with van der Waals surface area (Å²) in [7, 11) is 0. The summed E-state index contributed by atoms with van der Waals surface area (Å²) in [5.74, 6) is 0. The van der Waals surface area contributed by atoms with Gasteiger partial charge in [0.2, 0.25) is 0 Å². The zero-order chi connectivity index (χ0) is 13.3. The Kier molecular flexibility index (Phi) is 4.73. The summed E-state index contributed by atoms with van der Waals surface area (Å²) in [4.78, 5) is 0. The summed E-state index contributed by atoms with van der Waals surface area (Å²) in [6.45, 7) is 0. The predicted molar refractivity (Wildman–Crippen MR) is 82.4 cm³/mol. The van der Waals surface area contributed by atoms with Gasteiger partial charge in [0.25, 0.3) is 0 Å². The van der Waals surface area contributed by atoms with E-state index in [1.807, 2.05) is 18.2 Å². The monoisotopic (exact) mass is 408 g/mol. The lowest BCUT2D eigenvalue weighted by molar-refractivity contribution is 0.219. The van der Waals surface area contributed by atoms with Gasteiger partial charge >= 0.3 is 0 Å². The standard InChI is InChI=1S/C13H8Br2Cl2O/c14-8-2-3-10(15)9(6-8)13(18)7-1-4-11(16)12(17)5-7/h1-6,13,18H. The molecule has 1 unspecified atom stereocenters. The average Bonchev–Trinajstić information content (AvgIpc) is 2.35. The molecule has 1 atom stereocenters. The molecule has 0 saturated carbocycles. The Morgan fingerprint density at radius 3 is 2.33 bits per heavy atom. The molecule has 0 heterocycles. The first-order chi connectivity index (χ1) is 8.49. The van der Waals surface area contributed by atoms with E-state index in [1.54, 1.807) is 18.2 Å². The van der Waals surface area contributed by atoms with E-state index in [-0.39, 0.29) is 0 Å². The van der Waals surface area contributed by atoms with Crippen molar-refractivity contribution in [1.29, 1.82) is 0 Å². The van der Waals surface area contributed by atoms with Crippen molar-refractivity contribution in [2.75, 3.05) is 0 Å². The van der Waals surface area contributed by atoms with E-state index in [9.17, 15) is 5.11 Å². The van der Waals surface area contributed by atoms with Gasteiger partial charge in [0, 0.05) is 14.5 Å². The van der Waals surface area contributed by atoms with Gasteiger partial charge in [-0.2, -0.15) is 0 Å². The topological polar surface area (TPSA) is 20.2 Å². The molecule has 0 aliphatic rings. The van der Waals surface area contributed by atoms with Crippen LogP contribution in [0.5, 0.6) is 0 Å². The Labute approximate surface area is 132 Å². The molecule has 2 aromatic rings. The first-order valence-electron chi connectivity index (χ1n) is 5.07. The zero-order valence-electron chi connectivity index (χ0n) is 9.00. The van der Waals surface area contributed by atoms with Gasteiger partial charge in [-0.15, -0.1) is 0 Å². The molecular weight excluding hydrogens is 403 g/mol. The lowest BCUT2D eigenvalue weighted by atomic mass is 10.0. The van der Waals surface area contributed by atoms with Crippen LogP contribution in [0.1, 0.15) is 17.2 Å². The quantitative estimate of drug-likeness (QED) is 0.683. The Morgan fingerprint density at radius 1 is 0.944 bits per heavy atom. The van der Waals surface area contributed by atoms with E-state index in [0.717, 1.165) is 14.5 Å². The molecule has 0 aliphatic carbocycles. The van der Waals surface area contributed by atoms with Gasteiger partial charge < -0.3 is 5.11 Å². The normalized spacial score (nSPS) is 12.5. The lowest BCUT2D eigenvalue weighted by Gasteiger charge is -2.14. The largest absolute Gasteiger partial charge is 0.384 e. The van der Waals surface area contributed by atoms with Crippen LogP contribution in [0.2, 0.25) is 10.0 Å². The third kappa shape index (κ3) is 3.09. The fourth-order valence-electron chi connectivity index (χ4n) is 1.59. The van der Waals surface area contributed by atoms with Crippen LogP contribution < -0.4 is 0 Å². The van der Waals surface area contributed by atoms with Gasteiger partial charge in [-0.25, -0.2) is 0 Å². The summed E-state index contributed by atoms with van der Waals surface area (Å²) in [6.07, 6.45) is -0.758. The Bertz CT molecular complexity index is 587. The fraction of sp³-hybridized carbons (Fsp3) is 0.0769. The molecule has 0 amide bonds. The molecule has 0 radical (unpaired) electrons. The highest BCUT2D eigenvalue weighted by Crippen LogP contribution is 2.33. The van der Waals surface area contributed by atoms with Gasteiger partial charge in [-0.3, -0.25) is 0 Å². The number of hydrogen-bond donors (Lipinski definition) is 1. The first-order valence-corrected chi connectivity index (χ1v) is 7.41. The van der Waals surface area contributed by atoms with Crippen molar-refractivity contribution in [3.8, 4) is 0 Å². The highest BCUT2D eigenvalue weighted by molar-refractivity contribution is 9.11. The number of benzene rings is 2. The highest BCUT2D eigenvalue weighted by Gasteiger charge is 2.15. The summed E-state index contributed by atoms with van der Waals surface area (Å²) < 4.78 is 1.74. The molecule has 5 heteroatoms. The van der Waals surface area contributed by atoms with Gasteiger partial charge in [0.1, 0.15) is 6.10 Å². The van der Waals surface area contributed by atoms with Crippen molar-refractivity contribution in [1.82, 2.24) is 0 Å². The van der Waals surface area contributed by atoms with Crippen LogP contribution in [0.15, 0.2) is 45.3 Å². The average molecular weight is 411 g/mol. The maximum absolute atomic E-state index is 10.4. The summed E-state index contributed by atoms with van der Waals surface area (Å²) in [5, 5.41) is 11.3. The molecule has 18 heavy (non-hydrogen) atoms. The summed E-state index contributed by atoms with van der Waals surface area (Å²) in [6, 6.07) is 10.7. The fourth-order valence-corrected chi connectivity index (χ4v) is 2.73. The molecule has 2 rings (SSSR count). The van der Waals surface area contributed by atoms with Crippen LogP contribution in [-0.2, 0) is 0 Å². The summed E-state index contributed by atoms with van der Waals surface area (Å²) >= 11 is 18.6. The van der Waals surface area contributed by atoms with Crippen LogP contribution in [0, 0.1) is 0 Å². The Morgan fingerprint density at radius 2 is 1.67 bits per heavy atom. The molecule has 94 valence electrons. The maximum Gasteiger partial charge on any atom is 0.105 e. The van der Waals surface area contributed by atoms with E-state index >= 15 is 0 Å². The Balaban J connectivity index is 2.44. The second-order valence-corrected chi connectivity index (χ2v) is 6.33. The Hall–Kier alpha value is -0.0600. The minimum absolute atomic E-state index is 0.430. The van der Waals surface area contributed by atoms with E-state index in [1.165, 1.54) is 0 Å². The summed E-state index contributed by atoms with van der Waals surface area (Å²) in [5.41, 5.74) is 1.46. The van der Waals surface area contributed by atoms with Crippen molar-refractivity contribution in [3.63, 3.8) is 0 Å². The smallest absolute Gasteiger partial charge is 0.105 e. The van der Waals surface area contributed by atoms with Crippen LogP contribution in [0.4, 0.5) is 0 Å². The second-order valence-electron chi connectivity index (χ2n) is 3.74. The number of halogens is 4. The minimum Gasteiger partial charge on any atom is -0.384 e. The molecular formula is C13H8Br2Cl2O. The van der Waals surface area contributed by atoms with Crippen LogP contribution >= 0.6 is 55.1 Å². The van der Waals surface area contributed by atoms with Crippen molar-refractivity contribution in [3.05, 3.63) is 66.5 Å². The van der Waals surface area contributed by atoms with Gasteiger partial charge in [0.05, 0.1) is 10.0 Å². The maximum atomic E-state index is 10.4. The molecule has 2 aromatic carbocycles. The van der Waals surface area contributed by atoms with Crippen molar-refractivity contribution < 1.29 is 5.11 Å². The lowest BCUT2D eigenvalue weighted by Crippen LogP contribution is -2.00.